The highest BCUT2D eigenvalue weighted by Crippen LogP contribution is 2.36. The number of thiophene rings is 1. The fraction of sp³-hybridized carbons (Fsp3) is 0.538. The van der Waals surface area contributed by atoms with Gasteiger partial charge in [-0.15, -0.1) is 11.3 Å². The third-order valence-electron chi connectivity index (χ3n) is 3.60. The van der Waals surface area contributed by atoms with Gasteiger partial charge in [-0.05, 0) is 24.3 Å². The lowest BCUT2D eigenvalue weighted by Gasteiger charge is -2.33. The first-order valence-corrected chi connectivity index (χ1v) is 7.07. The van der Waals surface area contributed by atoms with Crippen LogP contribution in [0.25, 0.3) is 0 Å². The van der Waals surface area contributed by atoms with E-state index in [1.807, 2.05) is 11.4 Å². The van der Waals surface area contributed by atoms with Crippen LogP contribution in [0.5, 0.6) is 0 Å². The standard InChI is InChI=1S/C13H17NO3S/c15-11(10-5-4-8-18-10)14-9-13(12(16)17)6-2-1-3-7-13/h4-5,8H,1-3,6-7,9H2,(H,14,15)(H,16,17). The first-order chi connectivity index (χ1) is 8.64. The molecule has 0 radical (unpaired) electrons. The molecule has 2 N–H and O–H groups in total. The Morgan fingerprint density at radius 3 is 2.61 bits per heavy atom. The van der Waals surface area contributed by atoms with E-state index in [-0.39, 0.29) is 12.5 Å². The van der Waals surface area contributed by atoms with Crippen LogP contribution in [0.15, 0.2) is 17.5 Å². The number of carbonyl (C=O) groups is 2. The normalized spacial score (nSPS) is 18.2. The molecule has 0 bridgehead atoms. The first kappa shape index (κ1) is 13.1. The highest BCUT2D eigenvalue weighted by atomic mass is 32.1. The van der Waals surface area contributed by atoms with E-state index >= 15 is 0 Å². The summed E-state index contributed by atoms with van der Waals surface area (Å²) in [4.78, 5) is 23.9. The van der Waals surface area contributed by atoms with Crippen LogP contribution in [-0.2, 0) is 4.79 Å². The number of amides is 1. The van der Waals surface area contributed by atoms with Gasteiger partial charge in [0.15, 0.2) is 0 Å². The summed E-state index contributed by atoms with van der Waals surface area (Å²) >= 11 is 1.37. The maximum atomic E-state index is 11.8. The van der Waals surface area contributed by atoms with Crippen molar-refractivity contribution in [1.29, 1.82) is 0 Å². The second-order valence-electron chi connectivity index (χ2n) is 4.81. The number of carboxylic acid groups (broad SMARTS) is 1. The number of carboxylic acids is 1. The first-order valence-electron chi connectivity index (χ1n) is 6.19. The number of hydrogen-bond acceptors (Lipinski definition) is 3. The molecule has 1 amide bonds. The number of aliphatic carboxylic acids is 1. The number of rotatable bonds is 4. The summed E-state index contributed by atoms with van der Waals surface area (Å²) in [5.41, 5.74) is -0.759. The summed E-state index contributed by atoms with van der Waals surface area (Å²) in [6, 6.07) is 3.56. The Labute approximate surface area is 110 Å². The van der Waals surface area contributed by atoms with E-state index in [0.29, 0.717) is 17.7 Å². The van der Waals surface area contributed by atoms with Crippen LogP contribution in [0.1, 0.15) is 41.8 Å². The highest BCUT2D eigenvalue weighted by Gasteiger charge is 2.39. The Morgan fingerprint density at radius 2 is 2.06 bits per heavy atom. The molecule has 1 aliphatic carbocycles. The molecule has 5 heteroatoms. The van der Waals surface area contributed by atoms with E-state index in [4.69, 9.17) is 0 Å². The Hall–Kier alpha value is -1.36. The van der Waals surface area contributed by atoms with Gasteiger partial charge in [-0.25, -0.2) is 0 Å². The average molecular weight is 267 g/mol. The van der Waals surface area contributed by atoms with Gasteiger partial charge < -0.3 is 10.4 Å². The number of carbonyl (C=O) groups excluding carboxylic acids is 1. The molecule has 4 nitrogen and oxygen atoms in total. The van der Waals surface area contributed by atoms with Crippen molar-refractivity contribution in [3.63, 3.8) is 0 Å². The molecular formula is C13H17NO3S. The van der Waals surface area contributed by atoms with Gasteiger partial charge in [-0.2, -0.15) is 0 Å². The van der Waals surface area contributed by atoms with Gasteiger partial charge in [0.2, 0.25) is 0 Å². The SMILES string of the molecule is O=C(NCC1(C(=O)O)CCCCC1)c1cccs1. The number of nitrogens with one attached hydrogen (secondary N) is 1. The molecular weight excluding hydrogens is 250 g/mol. The maximum Gasteiger partial charge on any atom is 0.311 e. The Balaban J connectivity index is 1.98. The lowest BCUT2D eigenvalue weighted by molar-refractivity contribution is -0.150. The maximum absolute atomic E-state index is 11.8. The molecule has 1 aromatic heterocycles. The van der Waals surface area contributed by atoms with Crippen LogP contribution < -0.4 is 5.32 Å². The summed E-state index contributed by atoms with van der Waals surface area (Å²) in [6.45, 7) is 0.235. The molecule has 1 fully saturated rings. The predicted molar refractivity (Wildman–Crippen MR) is 69.8 cm³/mol. The van der Waals surface area contributed by atoms with Crippen molar-refractivity contribution in [2.45, 2.75) is 32.1 Å². The second kappa shape index (κ2) is 5.52. The molecule has 0 aliphatic heterocycles. The van der Waals surface area contributed by atoms with Gasteiger partial charge in [0, 0.05) is 6.54 Å². The Bertz CT molecular complexity index is 421. The Morgan fingerprint density at radius 1 is 1.33 bits per heavy atom. The molecule has 1 heterocycles. The predicted octanol–water partition coefficient (Wildman–Crippen LogP) is 2.51. The van der Waals surface area contributed by atoms with Crippen LogP contribution in [0.2, 0.25) is 0 Å². The Kier molecular flexibility index (Phi) is 4.01. The smallest absolute Gasteiger partial charge is 0.311 e. The molecule has 0 aromatic carbocycles. The summed E-state index contributed by atoms with van der Waals surface area (Å²) in [7, 11) is 0. The van der Waals surface area contributed by atoms with Gasteiger partial charge in [0.1, 0.15) is 0 Å². The minimum atomic E-state index is -0.784. The topological polar surface area (TPSA) is 66.4 Å². The fourth-order valence-corrected chi connectivity index (χ4v) is 3.08. The molecule has 0 spiro atoms. The zero-order valence-corrected chi connectivity index (χ0v) is 11.0. The number of hydrogen-bond donors (Lipinski definition) is 2. The monoisotopic (exact) mass is 267 g/mol. The van der Waals surface area contributed by atoms with Crippen molar-refractivity contribution in [2.24, 2.45) is 5.41 Å². The van der Waals surface area contributed by atoms with Gasteiger partial charge in [0.05, 0.1) is 10.3 Å². The third-order valence-corrected chi connectivity index (χ3v) is 4.47. The minimum Gasteiger partial charge on any atom is -0.481 e. The zero-order valence-electron chi connectivity index (χ0n) is 10.1. The second-order valence-corrected chi connectivity index (χ2v) is 5.75. The minimum absolute atomic E-state index is 0.170. The molecule has 1 saturated carbocycles. The zero-order chi connectivity index (χ0) is 13.0. The lowest BCUT2D eigenvalue weighted by Crippen LogP contribution is -2.44. The van der Waals surface area contributed by atoms with E-state index in [1.165, 1.54) is 11.3 Å². The summed E-state index contributed by atoms with van der Waals surface area (Å²) in [5.74, 6) is -0.954. The van der Waals surface area contributed by atoms with Crippen molar-refractivity contribution in [1.82, 2.24) is 5.32 Å². The van der Waals surface area contributed by atoms with Crippen molar-refractivity contribution in [3.05, 3.63) is 22.4 Å². The van der Waals surface area contributed by atoms with Crippen molar-refractivity contribution in [2.75, 3.05) is 6.54 Å². The van der Waals surface area contributed by atoms with Gasteiger partial charge >= 0.3 is 5.97 Å². The van der Waals surface area contributed by atoms with E-state index in [9.17, 15) is 14.7 Å². The van der Waals surface area contributed by atoms with Crippen molar-refractivity contribution < 1.29 is 14.7 Å². The van der Waals surface area contributed by atoms with Gasteiger partial charge in [-0.1, -0.05) is 25.3 Å². The summed E-state index contributed by atoms with van der Waals surface area (Å²) in [5, 5.41) is 14.0. The quantitative estimate of drug-likeness (QED) is 0.881. The lowest BCUT2D eigenvalue weighted by atomic mass is 9.74. The van der Waals surface area contributed by atoms with E-state index in [2.05, 4.69) is 5.32 Å². The van der Waals surface area contributed by atoms with E-state index < -0.39 is 11.4 Å². The molecule has 2 rings (SSSR count). The van der Waals surface area contributed by atoms with Gasteiger partial charge in [-0.3, -0.25) is 9.59 Å². The molecule has 0 atom stereocenters. The largest absolute Gasteiger partial charge is 0.481 e. The van der Waals surface area contributed by atoms with Crippen molar-refractivity contribution in [3.8, 4) is 0 Å². The van der Waals surface area contributed by atoms with Crippen LogP contribution in [0.3, 0.4) is 0 Å². The summed E-state index contributed by atoms with van der Waals surface area (Å²) < 4.78 is 0. The fourth-order valence-electron chi connectivity index (χ4n) is 2.44. The summed E-state index contributed by atoms with van der Waals surface area (Å²) in [6.07, 6.45) is 4.27. The molecule has 98 valence electrons. The van der Waals surface area contributed by atoms with Crippen LogP contribution in [0.4, 0.5) is 0 Å². The third kappa shape index (κ3) is 2.72. The van der Waals surface area contributed by atoms with E-state index in [0.717, 1.165) is 19.3 Å². The van der Waals surface area contributed by atoms with Crippen molar-refractivity contribution >= 4 is 23.2 Å². The molecule has 0 saturated heterocycles. The average Bonchev–Trinajstić information content (AvgIpc) is 2.91. The van der Waals surface area contributed by atoms with Crippen LogP contribution in [-0.4, -0.2) is 23.5 Å². The van der Waals surface area contributed by atoms with Crippen LogP contribution in [0, 0.1) is 5.41 Å². The highest BCUT2D eigenvalue weighted by molar-refractivity contribution is 7.12. The molecule has 18 heavy (non-hydrogen) atoms. The molecule has 1 aromatic rings. The van der Waals surface area contributed by atoms with E-state index in [1.54, 1.807) is 6.07 Å². The van der Waals surface area contributed by atoms with Gasteiger partial charge in [0.25, 0.3) is 5.91 Å². The van der Waals surface area contributed by atoms with Crippen LogP contribution >= 0.6 is 11.3 Å². The molecule has 1 aliphatic rings. The molecule has 0 unspecified atom stereocenters.